The molecule has 0 aliphatic carbocycles. The molecule has 0 saturated carbocycles. The maximum Gasteiger partial charge on any atom is 0.239 e. The van der Waals surface area contributed by atoms with E-state index in [1.54, 1.807) is 0 Å². The lowest BCUT2D eigenvalue weighted by Gasteiger charge is -2.22. The molecule has 1 heterocycles. The quantitative estimate of drug-likeness (QED) is 0.786. The predicted molar refractivity (Wildman–Crippen MR) is 78.9 cm³/mol. The lowest BCUT2D eigenvalue weighted by molar-refractivity contribution is 1.02. The summed E-state index contributed by atoms with van der Waals surface area (Å²) in [7, 11) is 0. The van der Waals surface area contributed by atoms with Crippen LogP contribution in [0.3, 0.4) is 0 Å². The van der Waals surface area contributed by atoms with Crippen LogP contribution in [0.25, 0.3) is 0 Å². The molecule has 0 aliphatic rings. The number of rotatable bonds is 3. The smallest absolute Gasteiger partial charge is 0.239 e. The minimum atomic E-state index is 0.201. The molecule has 0 radical (unpaired) electrons. The van der Waals surface area contributed by atoms with Crippen molar-refractivity contribution in [1.82, 2.24) is 15.0 Å². The van der Waals surface area contributed by atoms with Crippen LogP contribution < -0.4 is 10.6 Å². The zero-order chi connectivity index (χ0) is 13.8. The van der Waals surface area contributed by atoms with Gasteiger partial charge in [-0.05, 0) is 24.3 Å². The summed E-state index contributed by atoms with van der Waals surface area (Å²) in [4.78, 5) is 14.2. The number of anilines is 4. The fourth-order valence-corrected chi connectivity index (χ4v) is 1.94. The van der Waals surface area contributed by atoms with Crippen molar-refractivity contribution in [3.8, 4) is 0 Å². The van der Waals surface area contributed by atoms with Crippen molar-refractivity contribution in [3.63, 3.8) is 0 Å². The van der Waals surface area contributed by atoms with Crippen LogP contribution in [0.4, 0.5) is 23.3 Å². The van der Waals surface area contributed by atoms with E-state index in [4.69, 9.17) is 5.73 Å². The highest BCUT2D eigenvalue weighted by Gasteiger charge is 2.14. The summed E-state index contributed by atoms with van der Waals surface area (Å²) in [6.07, 6.45) is 1.41. The largest absolute Gasteiger partial charge is 0.368 e. The van der Waals surface area contributed by atoms with Gasteiger partial charge in [-0.1, -0.05) is 36.4 Å². The fourth-order valence-electron chi connectivity index (χ4n) is 1.94. The first-order chi connectivity index (χ1) is 9.84. The monoisotopic (exact) mass is 263 g/mol. The molecule has 2 N–H and O–H groups in total. The van der Waals surface area contributed by atoms with Gasteiger partial charge in [-0.25, -0.2) is 9.97 Å². The Morgan fingerprint density at radius 1 is 0.750 bits per heavy atom. The van der Waals surface area contributed by atoms with Crippen molar-refractivity contribution in [2.75, 3.05) is 10.6 Å². The molecule has 0 aliphatic heterocycles. The molecule has 0 fully saturated rings. The van der Waals surface area contributed by atoms with Crippen LogP contribution in [0.5, 0.6) is 0 Å². The van der Waals surface area contributed by atoms with E-state index in [0.29, 0.717) is 5.95 Å². The Kier molecular flexibility index (Phi) is 3.24. The Morgan fingerprint density at radius 2 is 1.30 bits per heavy atom. The van der Waals surface area contributed by atoms with Gasteiger partial charge in [0, 0.05) is 11.4 Å². The van der Waals surface area contributed by atoms with Crippen LogP contribution >= 0.6 is 0 Å². The molecule has 0 saturated heterocycles. The average molecular weight is 263 g/mol. The molecule has 1 aromatic heterocycles. The number of hydrogen-bond acceptors (Lipinski definition) is 5. The molecule has 3 rings (SSSR count). The van der Waals surface area contributed by atoms with Crippen LogP contribution in [-0.2, 0) is 0 Å². The van der Waals surface area contributed by atoms with Crippen molar-refractivity contribution < 1.29 is 0 Å². The van der Waals surface area contributed by atoms with Gasteiger partial charge in [-0.15, -0.1) is 0 Å². The van der Waals surface area contributed by atoms with E-state index in [1.807, 2.05) is 65.6 Å². The predicted octanol–water partition coefficient (Wildman–Crippen LogP) is 2.92. The van der Waals surface area contributed by atoms with Crippen LogP contribution in [-0.4, -0.2) is 15.0 Å². The number of nitrogens with two attached hydrogens (primary N) is 1. The van der Waals surface area contributed by atoms with Gasteiger partial charge in [0.15, 0.2) is 0 Å². The Labute approximate surface area is 116 Å². The highest BCUT2D eigenvalue weighted by molar-refractivity contribution is 5.72. The third-order valence-electron chi connectivity index (χ3n) is 2.81. The zero-order valence-corrected chi connectivity index (χ0v) is 10.7. The number of nitrogens with zero attached hydrogens (tertiary/aromatic N) is 4. The molecule has 0 bridgehead atoms. The first kappa shape index (κ1) is 12.1. The number of hydrogen-bond donors (Lipinski definition) is 1. The van der Waals surface area contributed by atoms with Crippen LogP contribution in [0.1, 0.15) is 0 Å². The molecule has 5 nitrogen and oxygen atoms in total. The van der Waals surface area contributed by atoms with Crippen molar-refractivity contribution in [2.24, 2.45) is 0 Å². The van der Waals surface area contributed by atoms with E-state index in [-0.39, 0.29) is 5.95 Å². The van der Waals surface area contributed by atoms with Gasteiger partial charge in [0.05, 0.1) is 0 Å². The first-order valence-electron chi connectivity index (χ1n) is 6.19. The average Bonchev–Trinajstić information content (AvgIpc) is 2.50. The standard InChI is InChI=1S/C15H13N5/c16-14-17-11-18-15(19-14)20(12-7-3-1-4-8-12)13-9-5-2-6-10-13/h1-11H,(H2,16,17,18,19). The second-order valence-corrected chi connectivity index (χ2v) is 4.15. The summed E-state index contributed by atoms with van der Waals surface area (Å²) in [6, 6.07) is 19.8. The minimum absolute atomic E-state index is 0.201. The number of nitrogen functional groups attached to an aromatic ring is 1. The van der Waals surface area contributed by atoms with Gasteiger partial charge in [0.25, 0.3) is 0 Å². The number of para-hydroxylation sites is 2. The summed E-state index contributed by atoms with van der Waals surface area (Å²) < 4.78 is 0. The molecule has 0 atom stereocenters. The zero-order valence-electron chi connectivity index (χ0n) is 10.7. The molecular weight excluding hydrogens is 250 g/mol. The maximum absolute atomic E-state index is 5.66. The van der Waals surface area contributed by atoms with Gasteiger partial charge >= 0.3 is 0 Å². The summed E-state index contributed by atoms with van der Waals surface area (Å²) in [5.41, 5.74) is 7.59. The first-order valence-corrected chi connectivity index (χ1v) is 6.19. The molecule has 2 aromatic carbocycles. The van der Waals surface area contributed by atoms with E-state index < -0.39 is 0 Å². The van der Waals surface area contributed by atoms with Crippen LogP contribution in [0.2, 0.25) is 0 Å². The number of aromatic nitrogens is 3. The van der Waals surface area contributed by atoms with Crippen LogP contribution in [0.15, 0.2) is 67.0 Å². The maximum atomic E-state index is 5.66. The topological polar surface area (TPSA) is 67.9 Å². The highest BCUT2D eigenvalue weighted by Crippen LogP contribution is 2.31. The minimum Gasteiger partial charge on any atom is -0.368 e. The molecule has 0 spiro atoms. The number of benzene rings is 2. The lowest BCUT2D eigenvalue weighted by Crippen LogP contribution is -2.14. The Morgan fingerprint density at radius 3 is 1.80 bits per heavy atom. The second kappa shape index (κ2) is 5.36. The molecule has 98 valence electrons. The van der Waals surface area contributed by atoms with Crippen molar-refractivity contribution >= 4 is 23.3 Å². The SMILES string of the molecule is Nc1ncnc(N(c2ccccc2)c2ccccc2)n1. The summed E-state index contributed by atoms with van der Waals surface area (Å²) in [5.74, 6) is 0.696. The third-order valence-corrected chi connectivity index (χ3v) is 2.81. The fraction of sp³-hybridized carbons (Fsp3) is 0. The molecular formula is C15H13N5. The van der Waals surface area contributed by atoms with Crippen molar-refractivity contribution in [2.45, 2.75) is 0 Å². The molecule has 5 heteroatoms. The second-order valence-electron chi connectivity index (χ2n) is 4.15. The van der Waals surface area contributed by atoms with Crippen LogP contribution in [0, 0.1) is 0 Å². The molecule has 20 heavy (non-hydrogen) atoms. The van der Waals surface area contributed by atoms with Gasteiger partial charge in [-0.3, -0.25) is 4.90 Å². The molecule has 0 unspecified atom stereocenters. The Balaban J connectivity index is 2.14. The van der Waals surface area contributed by atoms with E-state index in [2.05, 4.69) is 15.0 Å². The van der Waals surface area contributed by atoms with Crippen molar-refractivity contribution in [3.05, 3.63) is 67.0 Å². The van der Waals surface area contributed by atoms with E-state index >= 15 is 0 Å². The van der Waals surface area contributed by atoms with E-state index in [1.165, 1.54) is 6.33 Å². The van der Waals surface area contributed by atoms with Gasteiger partial charge in [-0.2, -0.15) is 4.98 Å². The highest BCUT2D eigenvalue weighted by atomic mass is 15.3. The third kappa shape index (κ3) is 2.42. The summed E-state index contributed by atoms with van der Waals surface area (Å²) >= 11 is 0. The van der Waals surface area contributed by atoms with Crippen molar-refractivity contribution in [1.29, 1.82) is 0 Å². The summed E-state index contributed by atoms with van der Waals surface area (Å²) in [6.45, 7) is 0. The molecule has 0 amide bonds. The van der Waals surface area contributed by atoms with Gasteiger partial charge < -0.3 is 5.73 Å². The van der Waals surface area contributed by atoms with E-state index in [9.17, 15) is 0 Å². The Hall–Kier alpha value is -2.95. The summed E-state index contributed by atoms with van der Waals surface area (Å²) in [5, 5.41) is 0. The normalized spacial score (nSPS) is 10.2. The molecule has 3 aromatic rings. The van der Waals surface area contributed by atoms with Gasteiger partial charge in [0.2, 0.25) is 11.9 Å². The van der Waals surface area contributed by atoms with Gasteiger partial charge in [0.1, 0.15) is 6.33 Å². The van der Waals surface area contributed by atoms with E-state index in [0.717, 1.165) is 11.4 Å². The Bertz CT molecular complexity index is 645. The lowest BCUT2D eigenvalue weighted by atomic mass is 10.2.